The molecule has 0 unspecified atom stereocenters. The van der Waals surface area contributed by atoms with Crippen molar-refractivity contribution in [3.8, 4) is 16.9 Å². The van der Waals surface area contributed by atoms with Crippen LogP contribution < -0.4 is 10.5 Å². The monoisotopic (exact) mass is 271 g/mol. The van der Waals surface area contributed by atoms with Crippen LogP contribution >= 0.6 is 0 Å². The molecule has 3 N–H and O–H groups in total. The Kier molecular flexibility index (Phi) is 3.77. The van der Waals surface area contributed by atoms with E-state index in [4.69, 9.17) is 15.6 Å². The minimum atomic E-state index is -1.39. The molecule has 0 bridgehead atoms. The molecule has 20 heavy (non-hydrogen) atoms. The second kappa shape index (κ2) is 5.35. The molecule has 0 aliphatic heterocycles. The standard InChI is InChI=1S/C16H17NO3/c1-16(17,15(18)19)12-9-7-11(8-10-12)13-5-3-4-6-14(13)20-2/h3-10H,17H2,1-2H3,(H,18,19)/t16-/m1/s1. The van der Waals surface area contributed by atoms with Crippen molar-refractivity contribution in [2.75, 3.05) is 7.11 Å². The molecular weight excluding hydrogens is 254 g/mol. The van der Waals surface area contributed by atoms with E-state index in [-0.39, 0.29) is 0 Å². The van der Waals surface area contributed by atoms with Gasteiger partial charge in [-0.05, 0) is 24.1 Å². The van der Waals surface area contributed by atoms with Gasteiger partial charge in [0.25, 0.3) is 0 Å². The van der Waals surface area contributed by atoms with Gasteiger partial charge in [-0.15, -0.1) is 0 Å². The van der Waals surface area contributed by atoms with Crippen molar-refractivity contribution in [1.82, 2.24) is 0 Å². The van der Waals surface area contributed by atoms with Crippen molar-refractivity contribution in [3.63, 3.8) is 0 Å². The summed E-state index contributed by atoms with van der Waals surface area (Å²) in [5.74, 6) is -0.281. The number of rotatable bonds is 4. The van der Waals surface area contributed by atoms with Crippen molar-refractivity contribution < 1.29 is 14.6 Å². The van der Waals surface area contributed by atoms with Crippen LogP contribution in [0.5, 0.6) is 5.75 Å². The summed E-state index contributed by atoms with van der Waals surface area (Å²) in [4.78, 5) is 11.1. The van der Waals surface area contributed by atoms with Crippen LogP contribution in [0.3, 0.4) is 0 Å². The van der Waals surface area contributed by atoms with Crippen molar-refractivity contribution >= 4 is 5.97 Å². The van der Waals surface area contributed by atoms with E-state index >= 15 is 0 Å². The Bertz CT molecular complexity index is 618. The molecule has 0 fully saturated rings. The number of methoxy groups -OCH3 is 1. The van der Waals surface area contributed by atoms with Crippen LogP contribution in [0.15, 0.2) is 48.5 Å². The number of hydrogen-bond acceptors (Lipinski definition) is 3. The minimum absolute atomic E-state index is 0.559. The van der Waals surface area contributed by atoms with Gasteiger partial charge in [-0.1, -0.05) is 42.5 Å². The van der Waals surface area contributed by atoms with Gasteiger partial charge in [-0.25, -0.2) is 4.79 Å². The van der Waals surface area contributed by atoms with Gasteiger partial charge >= 0.3 is 5.97 Å². The Morgan fingerprint density at radius 1 is 1.15 bits per heavy atom. The molecule has 2 aromatic rings. The van der Waals surface area contributed by atoms with Gasteiger partial charge in [0.1, 0.15) is 11.3 Å². The van der Waals surface area contributed by atoms with Crippen molar-refractivity contribution in [2.45, 2.75) is 12.5 Å². The lowest BCUT2D eigenvalue weighted by Gasteiger charge is -2.20. The molecule has 0 heterocycles. The molecule has 0 aliphatic carbocycles. The van der Waals surface area contributed by atoms with Crippen molar-refractivity contribution in [1.29, 1.82) is 0 Å². The largest absolute Gasteiger partial charge is 0.496 e. The SMILES string of the molecule is COc1ccccc1-c1ccc([C@@](C)(N)C(=O)O)cc1. The van der Waals surface area contributed by atoms with Gasteiger partial charge in [0.15, 0.2) is 0 Å². The summed E-state index contributed by atoms with van der Waals surface area (Å²) in [5, 5.41) is 9.12. The molecule has 4 nitrogen and oxygen atoms in total. The van der Waals surface area contributed by atoms with E-state index in [2.05, 4.69) is 0 Å². The lowest BCUT2D eigenvalue weighted by atomic mass is 9.91. The molecule has 2 aromatic carbocycles. The lowest BCUT2D eigenvalue weighted by molar-refractivity contribution is -0.143. The zero-order valence-corrected chi connectivity index (χ0v) is 11.5. The molecule has 0 aromatic heterocycles. The molecule has 1 atom stereocenters. The first-order valence-corrected chi connectivity index (χ1v) is 6.23. The number of carboxylic acids is 1. The number of carbonyl (C=O) groups is 1. The van der Waals surface area contributed by atoms with E-state index in [0.29, 0.717) is 5.56 Å². The third kappa shape index (κ3) is 2.51. The number of aliphatic carboxylic acids is 1. The highest BCUT2D eigenvalue weighted by atomic mass is 16.5. The Balaban J connectivity index is 2.40. The number of carboxylic acid groups (broad SMARTS) is 1. The second-order valence-electron chi connectivity index (χ2n) is 4.79. The van der Waals surface area contributed by atoms with Crippen molar-refractivity contribution in [2.24, 2.45) is 5.73 Å². The first-order valence-electron chi connectivity index (χ1n) is 6.23. The fraction of sp³-hybridized carbons (Fsp3) is 0.188. The summed E-state index contributed by atoms with van der Waals surface area (Å²) in [6.07, 6.45) is 0. The number of benzene rings is 2. The number of ether oxygens (including phenoxy) is 1. The van der Waals surface area contributed by atoms with Gasteiger partial charge < -0.3 is 15.6 Å². The molecule has 104 valence electrons. The molecule has 4 heteroatoms. The molecule has 0 radical (unpaired) electrons. The smallest absolute Gasteiger partial charge is 0.328 e. The first kappa shape index (κ1) is 14.1. The normalized spacial score (nSPS) is 13.6. The van der Waals surface area contributed by atoms with Crippen molar-refractivity contribution in [3.05, 3.63) is 54.1 Å². The van der Waals surface area contributed by atoms with Crippen LogP contribution in [0.4, 0.5) is 0 Å². The maximum atomic E-state index is 11.1. The summed E-state index contributed by atoms with van der Waals surface area (Å²) >= 11 is 0. The second-order valence-corrected chi connectivity index (χ2v) is 4.79. The van der Waals surface area contributed by atoms with Gasteiger partial charge in [-0.3, -0.25) is 0 Å². The van der Waals surface area contributed by atoms with Crippen LogP contribution in [-0.4, -0.2) is 18.2 Å². The molecule has 0 saturated carbocycles. The van der Waals surface area contributed by atoms with Crippen LogP contribution in [0.25, 0.3) is 11.1 Å². The zero-order valence-electron chi connectivity index (χ0n) is 11.5. The summed E-state index contributed by atoms with van der Waals surface area (Å²) in [6, 6.07) is 14.8. The average Bonchev–Trinajstić information content (AvgIpc) is 2.47. The number of para-hydroxylation sites is 1. The fourth-order valence-corrected chi connectivity index (χ4v) is 2.00. The highest BCUT2D eigenvalue weighted by molar-refractivity contribution is 5.80. The average molecular weight is 271 g/mol. The first-order chi connectivity index (χ1) is 9.46. The van der Waals surface area contributed by atoms with Crippen LogP contribution in [-0.2, 0) is 10.3 Å². The molecular formula is C16H17NO3. The maximum Gasteiger partial charge on any atom is 0.328 e. The Morgan fingerprint density at radius 2 is 1.75 bits per heavy atom. The summed E-state index contributed by atoms with van der Waals surface area (Å²) in [5.41, 5.74) is 6.88. The van der Waals surface area contributed by atoms with Crippen LogP contribution in [0, 0.1) is 0 Å². The molecule has 0 spiro atoms. The van der Waals surface area contributed by atoms with E-state index in [1.54, 1.807) is 19.2 Å². The number of nitrogens with two attached hydrogens (primary N) is 1. The van der Waals surface area contributed by atoms with E-state index < -0.39 is 11.5 Å². The van der Waals surface area contributed by atoms with E-state index in [0.717, 1.165) is 16.9 Å². The summed E-state index contributed by atoms with van der Waals surface area (Å²) in [7, 11) is 1.62. The zero-order chi connectivity index (χ0) is 14.8. The topological polar surface area (TPSA) is 72.5 Å². The third-order valence-corrected chi connectivity index (χ3v) is 3.35. The third-order valence-electron chi connectivity index (χ3n) is 3.35. The van der Waals surface area contributed by atoms with Gasteiger partial charge in [-0.2, -0.15) is 0 Å². The summed E-state index contributed by atoms with van der Waals surface area (Å²) in [6.45, 7) is 1.48. The van der Waals surface area contributed by atoms with Gasteiger partial charge in [0.2, 0.25) is 0 Å². The molecule has 0 aliphatic rings. The lowest BCUT2D eigenvalue weighted by Crippen LogP contribution is -2.41. The quantitative estimate of drug-likeness (QED) is 0.896. The molecule has 0 amide bonds. The highest BCUT2D eigenvalue weighted by Crippen LogP contribution is 2.30. The van der Waals surface area contributed by atoms with Crippen LogP contribution in [0.1, 0.15) is 12.5 Å². The van der Waals surface area contributed by atoms with E-state index in [1.165, 1.54) is 6.92 Å². The van der Waals surface area contributed by atoms with Gasteiger partial charge in [0.05, 0.1) is 7.11 Å². The Labute approximate surface area is 117 Å². The molecule has 2 rings (SSSR count). The maximum absolute atomic E-state index is 11.1. The number of hydrogen-bond donors (Lipinski definition) is 2. The van der Waals surface area contributed by atoms with E-state index in [9.17, 15) is 4.79 Å². The fourth-order valence-electron chi connectivity index (χ4n) is 2.00. The Morgan fingerprint density at radius 3 is 2.30 bits per heavy atom. The predicted molar refractivity (Wildman–Crippen MR) is 77.6 cm³/mol. The Hall–Kier alpha value is -2.33. The predicted octanol–water partition coefficient (Wildman–Crippen LogP) is 2.62. The molecule has 0 saturated heterocycles. The van der Waals surface area contributed by atoms with E-state index in [1.807, 2.05) is 36.4 Å². The van der Waals surface area contributed by atoms with Crippen LogP contribution in [0.2, 0.25) is 0 Å². The minimum Gasteiger partial charge on any atom is -0.496 e. The summed E-state index contributed by atoms with van der Waals surface area (Å²) < 4.78 is 5.32. The highest BCUT2D eigenvalue weighted by Gasteiger charge is 2.29. The van der Waals surface area contributed by atoms with Gasteiger partial charge in [0, 0.05) is 5.56 Å².